The summed E-state index contributed by atoms with van der Waals surface area (Å²) in [5, 5.41) is 0. The van der Waals surface area contributed by atoms with Gasteiger partial charge in [-0.1, -0.05) is 26.0 Å². The largest absolute Gasteiger partial charge is 0.309 e. The minimum atomic E-state index is -0.252. The molecule has 134 valence electrons. The molecular formula is C20H19ClFN3O. The molecule has 2 aromatic heterocycles. The Morgan fingerprint density at radius 3 is 2.73 bits per heavy atom. The number of pyridine rings is 1. The maximum absolute atomic E-state index is 13.2. The molecule has 0 aliphatic carbocycles. The van der Waals surface area contributed by atoms with E-state index in [1.165, 1.54) is 12.1 Å². The number of carbonyl (C=O) groups is 1. The van der Waals surface area contributed by atoms with E-state index in [0.717, 1.165) is 28.0 Å². The summed E-state index contributed by atoms with van der Waals surface area (Å²) in [6.45, 7) is 4.82. The van der Waals surface area contributed by atoms with Crippen LogP contribution in [0.2, 0.25) is 0 Å². The highest BCUT2D eigenvalue weighted by atomic mass is 35.5. The van der Waals surface area contributed by atoms with Gasteiger partial charge in [0.1, 0.15) is 11.7 Å². The number of amides is 1. The van der Waals surface area contributed by atoms with Gasteiger partial charge in [0.2, 0.25) is 5.91 Å². The molecule has 26 heavy (non-hydrogen) atoms. The van der Waals surface area contributed by atoms with Crippen molar-refractivity contribution in [3.8, 4) is 0 Å². The van der Waals surface area contributed by atoms with Crippen LogP contribution in [0.3, 0.4) is 0 Å². The van der Waals surface area contributed by atoms with Gasteiger partial charge in [0.05, 0.1) is 29.4 Å². The number of anilines is 1. The van der Waals surface area contributed by atoms with Gasteiger partial charge in [-0.15, -0.1) is 11.6 Å². The predicted octanol–water partition coefficient (Wildman–Crippen LogP) is 3.93. The molecule has 4 nitrogen and oxygen atoms in total. The van der Waals surface area contributed by atoms with E-state index in [2.05, 4.69) is 29.3 Å². The van der Waals surface area contributed by atoms with E-state index in [1.54, 1.807) is 23.4 Å². The molecule has 0 N–H and O–H groups in total. The van der Waals surface area contributed by atoms with Crippen LogP contribution in [-0.4, -0.2) is 27.7 Å². The van der Waals surface area contributed by atoms with Crippen LogP contribution >= 0.6 is 11.6 Å². The fraction of sp³-hybridized carbons (Fsp3) is 0.300. The SMILES string of the molecule is CC1(C)CN(C(=O)CCl)c2cc(Cc3ccc(F)cc3)c3cncn3c21. The van der Waals surface area contributed by atoms with Gasteiger partial charge >= 0.3 is 0 Å². The van der Waals surface area contributed by atoms with Crippen LogP contribution in [0.15, 0.2) is 42.9 Å². The fourth-order valence-corrected chi connectivity index (χ4v) is 3.98. The number of fused-ring (bicyclic) bond motifs is 3. The molecule has 1 aliphatic rings. The maximum Gasteiger partial charge on any atom is 0.241 e. The van der Waals surface area contributed by atoms with E-state index in [-0.39, 0.29) is 23.0 Å². The van der Waals surface area contributed by atoms with Crippen molar-refractivity contribution in [2.45, 2.75) is 25.7 Å². The molecule has 6 heteroatoms. The smallest absolute Gasteiger partial charge is 0.241 e. The molecule has 0 atom stereocenters. The topological polar surface area (TPSA) is 37.6 Å². The maximum atomic E-state index is 13.2. The van der Waals surface area contributed by atoms with E-state index < -0.39 is 0 Å². The van der Waals surface area contributed by atoms with E-state index in [0.29, 0.717) is 13.0 Å². The number of halogens is 2. The van der Waals surface area contributed by atoms with Gasteiger partial charge < -0.3 is 9.30 Å². The first-order valence-corrected chi connectivity index (χ1v) is 9.03. The summed E-state index contributed by atoms with van der Waals surface area (Å²) < 4.78 is 15.3. The van der Waals surface area contributed by atoms with Gasteiger partial charge in [-0.2, -0.15) is 0 Å². The Labute approximate surface area is 156 Å². The molecule has 0 saturated heterocycles. The molecule has 3 heterocycles. The number of hydrogen-bond donors (Lipinski definition) is 0. The lowest BCUT2D eigenvalue weighted by Gasteiger charge is -2.20. The third-order valence-corrected chi connectivity index (χ3v) is 5.20. The van der Waals surface area contributed by atoms with Crippen molar-refractivity contribution in [1.82, 2.24) is 9.38 Å². The van der Waals surface area contributed by atoms with Crippen LogP contribution in [0, 0.1) is 5.82 Å². The van der Waals surface area contributed by atoms with E-state index in [4.69, 9.17) is 11.6 Å². The minimum absolute atomic E-state index is 0.0508. The second-order valence-corrected chi connectivity index (χ2v) is 7.62. The molecule has 0 spiro atoms. The Hall–Kier alpha value is -2.40. The number of aromatic nitrogens is 2. The van der Waals surface area contributed by atoms with Crippen molar-refractivity contribution in [1.29, 1.82) is 0 Å². The fourth-order valence-electron chi connectivity index (χ4n) is 3.83. The second-order valence-electron chi connectivity index (χ2n) is 7.35. The Morgan fingerprint density at radius 1 is 1.31 bits per heavy atom. The van der Waals surface area contributed by atoms with Crippen LogP contribution in [0.1, 0.15) is 30.7 Å². The van der Waals surface area contributed by atoms with Gasteiger partial charge in [0.25, 0.3) is 0 Å². The zero-order valence-corrected chi connectivity index (χ0v) is 15.4. The van der Waals surface area contributed by atoms with E-state index in [9.17, 15) is 9.18 Å². The van der Waals surface area contributed by atoms with Crippen LogP contribution in [-0.2, 0) is 16.6 Å². The summed E-state index contributed by atoms with van der Waals surface area (Å²) in [4.78, 5) is 18.5. The number of imidazole rings is 1. The lowest BCUT2D eigenvalue weighted by molar-refractivity contribution is -0.116. The van der Waals surface area contributed by atoms with Crippen molar-refractivity contribution in [2.75, 3.05) is 17.3 Å². The highest BCUT2D eigenvalue weighted by Gasteiger charge is 2.40. The summed E-state index contributed by atoms with van der Waals surface area (Å²) in [6.07, 6.45) is 4.26. The normalized spacial score (nSPS) is 15.5. The first-order chi connectivity index (χ1) is 12.4. The Kier molecular flexibility index (Phi) is 3.99. The molecule has 4 rings (SSSR count). The summed E-state index contributed by atoms with van der Waals surface area (Å²) in [5.41, 5.74) is 4.78. The summed E-state index contributed by atoms with van der Waals surface area (Å²) in [6, 6.07) is 8.53. The van der Waals surface area contributed by atoms with Crippen molar-refractivity contribution < 1.29 is 9.18 Å². The highest BCUT2D eigenvalue weighted by molar-refractivity contribution is 6.29. The van der Waals surface area contributed by atoms with Crippen LogP contribution in [0.4, 0.5) is 10.1 Å². The number of hydrogen-bond acceptors (Lipinski definition) is 2. The molecule has 0 radical (unpaired) electrons. The summed E-state index contributed by atoms with van der Waals surface area (Å²) in [5.74, 6) is -0.409. The van der Waals surface area contributed by atoms with Crippen molar-refractivity contribution in [2.24, 2.45) is 0 Å². The van der Waals surface area contributed by atoms with Gasteiger partial charge in [0, 0.05) is 12.0 Å². The van der Waals surface area contributed by atoms with Gasteiger partial charge in [-0.05, 0) is 35.7 Å². The number of nitrogens with zero attached hydrogens (tertiary/aromatic N) is 3. The Bertz CT molecular complexity index is 994. The molecular weight excluding hydrogens is 353 g/mol. The molecule has 0 unspecified atom stereocenters. The lowest BCUT2D eigenvalue weighted by atomic mass is 9.90. The van der Waals surface area contributed by atoms with Crippen LogP contribution in [0.5, 0.6) is 0 Å². The minimum Gasteiger partial charge on any atom is -0.309 e. The lowest BCUT2D eigenvalue weighted by Crippen LogP contribution is -2.34. The summed E-state index contributed by atoms with van der Waals surface area (Å²) >= 11 is 5.83. The van der Waals surface area contributed by atoms with Crippen molar-refractivity contribution in [3.63, 3.8) is 0 Å². The molecule has 0 saturated carbocycles. The number of benzene rings is 1. The molecule has 1 amide bonds. The van der Waals surface area contributed by atoms with Crippen LogP contribution < -0.4 is 4.90 Å². The van der Waals surface area contributed by atoms with Gasteiger partial charge in [-0.25, -0.2) is 9.37 Å². The third-order valence-electron chi connectivity index (χ3n) is 4.97. The molecule has 1 aromatic carbocycles. The Morgan fingerprint density at radius 2 is 2.04 bits per heavy atom. The molecule has 1 aliphatic heterocycles. The van der Waals surface area contributed by atoms with Crippen molar-refractivity contribution in [3.05, 3.63) is 65.5 Å². The average Bonchev–Trinajstić information content (AvgIpc) is 3.19. The van der Waals surface area contributed by atoms with E-state index >= 15 is 0 Å². The third kappa shape index (κ3) is 2.67. The molecule has 3 aromatic rings. The second kappa shape index (κ2) is 6.09. The van der Waals surface area contributed by atoms with Gasteiger partial charge in [0.15, 0.2) is 0 Å². The highest BCUT2D eigenvalue weighted by Crippen LogP contribution is 2.42. The first-order valence-electron chi connectivity index (χ1n) is 8.50. The quantitative estimate of drug-likeness (QED) is 0.654. The zero-order chi connectivity index (χ0) is 18.5. The number of alkyl halides is 1. The number of carbonyl (C=O) groups excluding carboxylic acids is 1. The standard InChI is InChI=1S/C20H19ClFN3O/c1-20(2)11-24(18(26)9-21)16-8-14(7-13-3-5-15(22)6-4-13)17-10-23-12-25(17)19(16)20/h3-6,8,10,12H,7,9,11H2,1-2H3. The summed E-state index contributed by atoms with van der Waals surface area (Å²) in [7, 11) is 0. The average molecular weight is 372 g/mol. The van der Waals surface area contributed by atoms with Crippen molar-refractivity contribution >= 4 is 28.7 Å². The predicted molar refractivity (Wildman–Crippen MR) is 100 cm³/mol. The monoisotopic (exact) mass is 371 g/mol. The van der Waals surface area contributed by atoms with Crippen LogP contribution in [0.25, 0.3) is 5.52 Å². The number of rotatable bonds is 3. The zero-order valence-electron chi connectivity index (χ0n) is 14.7. The first kappa shape index (κ1) is 17.0. The van der Waals surface area contributed by atoms with E-state index in [1.807, 2.05) is 6.20 Å². The van der Waals surface area contributed by atoms with Gasteiger partial charge in [-0.3, -0.25) is 4.79 Å². The molecule has 0 fully saturated rings. The molecule has 0 bridgehead atoms. The Balaban J connectivity index is 1.88.